The van der Waals surface area contributed by atoms with E-state index in [9.17, 15) is 4.39 Å². The van der Waals surface area contributed by atoms with Crippen LogP contribution in [0.5, 0.6) is 11.5 Å². The summed E-state index contributed by atoms with van der Waals surface area (Å²) in [6, 6.07) is 3.32. The van der Waals surface area contributed by atoms with Gasteiger partial charge in [0.1, 0.15) is 0 Å². The Bertz CT molecular complexity index is 529. The molecule has 2 rings (SSSR count). The highest BCUT2D eigenvalue weighted by molar-refractivity contribution is 6.63. The summed E-state index contributed by atoms with van der Waals surface area (Å²) >= 11 is 0. The Hall–Kier alpha value is -1.27. The van der Waals surface area contributed by atoms with Crippen LogP contribution in [0.1, 0.15) is 41.0 Å². The average Bonchev–Trinajstić information content (AvgIpc) is 2.65. The van der Waals surface area contributed by atoms with Crippen LogP contribution in [0.2, 0.25) is 0 Å². The first-order chi connectivity index (χ1) is 10.2. The normalized spacial score (nSPS) is 19.3. The van der Waals surface area contributed by atoms with Crippen molar-refractivity contribution < 1.29 is 23.2 Å². The average molecular weight is 310 g/mol. The molecule has 0 N–H and O–H groups in total. The van der Waals surface area contributed by atoms with Crippen LogP contribution >= 0.6 is 0 Å². The van der Waals surface area contributed by atoms with Crippen molar-refractivity contribution >= 4 is 12.6 Å². The minimum Gasteiger partial charge on any atom is -0.494 e. The van der Waals surface area contributed by atoms with Gasteiger partial charge in [0, 0.05) is 5.46 Å². The van der Waals surface area contributed by atoms with E-state index in [1.807, 2.05) is 34.6 Å². The monoisotopic (exact) mass is 310 g/mol. The highest BCUT2D eigenvalue weighted by atomic mass is 19.1. The van der Waals surface area contributed by atoms with E-state index in [2.05, 4.69) is 0 Å². The van der Waals surface area contributed by atoms with Crippen molar-refractivity contribution in [1.82, 2.24) is 0 Å². The molecule has 0 radical (unpaired) electrons. The van der Waals surface area contributed by atoms with E-state index < -0.39 is 24.1 Å². The van der Waals surface area contributed by atoms with Crippen LogP contribution in [0.15, 0.2) is 12.1 Å². The van der Waals surface area contributed by atoms with Crippen molar-refractivity contribution in [1.29, 1.82) is 0 Å². The molecule has 122 valence electrons. The molecule has 22 heavy (non-hydrogen) atoms. The minimum absolute atomic E-state index is 0.104. The lowest BCUT2D eigenvalue weighted by Gasteiger charge is -2.32. The van der Waals surface area contributed by atoms with Crippen LogP contribution in [0.25, 0.3) is 0 Å². The van der Waals surface area contributed by atoms with Crippen LogP contribution in [-0.4, -0.2) is 32.0 Å². The quantitative estimate of drug-likeness (QED) is 0.784. The Balaban J connectivity index is 2.35. The lowest BCUT2D eigenvalue weighted by Crippen LogP contribution is -2.41. The van der Waals surface area contributed by atoms with Crippen LogP contribution in [0, 0.1) is 5.82 Å². The number of hydrogen-bond donors (Lipinski definition) is 0. The van der Waals surface area contributed by atoms with E-state index in [0.717, 1.165) is 6.42 Å². The van der Waals surface area contributed by atoms with Gasteiger partial charge in [-0.1, -0.05) is 13.0 Å². The molecule has 4 nitrogen and oxygen atoms in total. The summed E-state index contributed by atoms with van der Waals surface area (Å²) in [6.45, 7) is 10.2. The van der Waals surface area contributed by atoms with E-state index >= 15 is 0 Å². The fourth-order valence-corrected chi connectivity index (χ4v) is 2.24. The Labute approximate surface area is 132 Å². The van der Waals surface area contributed by atoms with Gasteiger partial charge >= 0.3 is 7.12 Å². The van der Waals surface area contributed by atoms with Gasteiger partial charge in [-0.3, -0.25) is 0 Å². The van der Waals surface area contributed by atoms with Crippen LogP contribution in [-0.2, 0) is 9.31 Å². The molecule has 1 saturated heterocycles. The lowest BCUT2D eigenvalue weighted by atomic mass is 9.78. The summed E-state index contributed by atoms with van der Waals surface area (Å²) in [6.07, 6.45) is 0.806. The van der Waals surface area contributed by atoms with Gasteiger partial charge in [0.25, 0.3) is 0 Å². The standard InChI is InChI=1S/C16H24BFO4/c1-7-10-20-12-9-8-11(14(19-6)13(12)18)17-21-15(2,3)16(4,5)22-17/h8-9H,7,10H2,1-6H3. The van der Waals surface area contributed by atoms with Crippen molar-refractivity contribution in [2.45, 2.75) is 52.2 Å². The summed E-state index contributed by atoms with van der Waals surface area (Å²) in [5, 5.41) is 0. The van der Waals surface area contributed by atoms with Crippen LogP contribution in [0.3, 0.4) is 0 Å². The maximum atomic E-state index is 14.5. The number of benzene rings is 1. The minimum atomic E-state index is -0.672. The van der Waals surface area contributed by atoms with Gasteiger partial charge in [-0.25, -0.2) is 0 Å². The number of methoxy groups -OCH3 is 1. The third kappa shape index (κ3) is 2.94. The van der Waals surface area contributed by atoms with Crippen molar-refractivity contribution in [3.8, 4) is 11.5 Å². The van der Waals surface area contributed by atoms with E-state index in [1.165, 1.54) is 7.11 Å². The number of halogens is 1. The van der Waals surface area contributed by atoms with Gasteiger partial charge in [0.15, 0.2) is 11.5 Å². The number of ether oxygens (including phenoxy) is 2. The molecule has 0 atom stereocenters. The first-order valence-corrected chi connectivity index (χ1v) is 7.58. The maximum Gasteiger partial charge on any atom is 0.498 e. The fraction of sp³-hybridized carbons (Fsp3) is 0.625. The molecule has 0 bridgehead atoms. The molecule has 1 heterocycles. The van der Waals surface area contributed by atoms with Gasteiger partial charge in [0.05, 0.1) is 24.9 Å². The van der Waals surface area contributed by atoms with Crippen LogP contribution in [0.4, 0.5) is 4.39 Å². The molecular formula is C16H24BFO4. The Morgan fingerprint density at radius 1 is 1.14 bits per heavy atom. The second-order valence-corrected chi connectivity index (χ2v) is 6.44. The molecule has 0 spiro atoms. The Morgan fingerprint density at radius 2 is 1.73 bits per heavy atom. The third-order valence-electron chi connectivity index (χ3n) is 4.27. The zero-order chi connectivity index (χ0) is 16.5. The maximum absolute atomic E-state index is 14.5. The first-order valence-electron chi connectivity index (χ1n) is 7.58. The fourth-order valence-electron chi connectivity index (χ4n) is 2.24. The molecule has 6 heteroatoms. The Kier molecular flexibility index (Phi) is 4.73. The van der Waals surface area contributed by atoms with Gasteiger partial charge < -0.3 is 18.8 Å². The van der Waals surface area contributed by atoms with Crippen LogP contribution < -0.4 is 14.9 Å². The molecule has 0 aromatic heterocycles. The molecule has 1 aliphatic rings. The van der Waals surface area contributed by atoms with Crippen molar-refractivity contribution in [2.24, 2.45) is 0 Å². The predicted octanol–water partition coefficient (Wildman–Crippen LogP) is 2.92. The van der Waals surface area contributed by atoms with Crippen molar-refractivity contribution in [2.75, 3.05) is 13.7 Å². The molecule has 0 amide bonds. The summed E-state index contributed by atoms with van der Waals surface area (Å²) in [7, 11) is 0.756. The zero-order valence-electron chi connectivity index (χ0n) is 14.2. The molecular weight excluding hydrogens is 286 g/mol. The third-order valence-corrected chi connectivity index (χ3v) is 4.27. The Morgan fingerprint density at radius 3 is 2.23 bits per heavy atom. The molecule has 0 unspecified atom stereocenters. The van der Waals surface area contributed by atoms with Gasteiger partial charge in [-0.05, 0) is 40.2 Å². The van der Waals surface area contributed by atoms with Crippen molar-refractivity contribution in [3.05, 3.63) is 17.9 Å². The number of rotatable bonds is 5. The summed E-state index contributed by atoms with van der Waals surface area (Å²) in [5.41, 5.74) is -0.449. The first kappa shape index (κ1) is 17.1. The summed E-state index contributed by atoms with van der Waals surface area (Å²) < 4.78 is 37.1. The summed E-state index contributed by atoms with van der Waals surface area (Å²) in [5.74, 6) is -0.241. The van der Waals surface area contributed by atoms with E-state index in [-0.39, 0.29) is 11.5 Å². The smallest absolute Gasteiger partial charge is 0.494 e. The van der Waals surface area contributed by atoms with E-state index in [4.69, 9.17) is 18.8 Å². The van der Waals surface area contributed by atoms with E-state index in [0.29, 0.717) is 12.1 Å². The van der Waals surface area contributed by atoms with Gasteiger partial charge in [0.2, 0.25) is 5.82 Å². The molecule has 0 saturated carbocycles. The van der Waals surface area contributed by atoms with Crippen molar-refractivity contribution in [3.63, 3.8) is 0 Å². The molecule has 1 aromatic carbocycles. The molecule has 1 fully saturated rings. The van der Waals surface area contributed by atoms with Gasteiger partial charge in [-0.2, -0.15) is 4.39 Å². The largest absolute Gasteiger partial charge is 0.498 e. The second kappa shape index (κ2) is 6.09. The molecule has 0 aliphatic carbocycles. The topological polar surface area (TPSA) is 36.9 Å². The predicted molar refractivity (Wildman–Crippen MR) is 84.5 cm³/mol. The lowest BCUT2D eigenvalue weighted by molar-refractivity contribution is 0.00578. The zero-order valence-corrected chi connectivity index (χ0v) is 14.2. The summed E-state index contributed by atoms with van der Waals surface area (Å²) in [4.78, 5) is 0. The second-order valence-electron chi connectivity index (χ2n) is 6.44. The van der Waals surface area contributed by atoms with E-state index in [1.54, 1.807) is 12.1 Å². The van der Waals surface area contributed by atoms with Gasteiger partial charge in [-0.15, -0.1) is 0 Å². The molecule has 1 aliphatic heterocycles. The number of hydrogen-bond acceptors (Lipinski definition) is 4. The SMILES string of the molecule is CCCOc1ccc(B2OC(C)(C)C(C)(C)O2)c(OC)c1F. The highest BCUT2D eigenvalue weighted by Gasteiger charge is 2.52. The highest BCUT2D eigenvalue weighted by Crippen LogP contribution is 2.38. The molecule has 1 aromatic rings.